The van der Waals surface area contributed by atoms with Crippen LogP contribution >= 0.6 is 11.8 Å². The number of anilines is 2. The molecule has 29 heavy (non-hydrogen) atoms. The van der Waals surface area contributed by atoms with Gasteiger partial charge in [-0.25, -0.2) is 4.39 Å². The van der Waals surface area contributed by atoms with Crippen LogP contribution in [-0.2, 0) is 9.59 Å². The fourth-order valence-electron chi connectivity index (χ4n) is 4.06. The van der Waals surface area contributed by atoms with Crippen LogP contribution in [-0.4, -0.2) is 17.6 Å². The van der Waals surface area contributed by atoms with E-state index in [0.29, 0.717) is 17.0 Å². The number of nitrogens with one attached hydrogen (secondary N) is 1. The molecule has 2 fully saturated rings. The van der Waals surface area contributed by atoms with Crippen LogP contribution in [0.25, 0.3) is 0 Å². The van der Waals surface area contributed by atoms with Gasteiger partial charge < -0.3 is 5.32 Å². The summed E-state index contributed by atoms with van der Waals surface area (Å²) in [4.78, 5) is 26.8. The Hall–Kier alpha value is -2.34. The number of rotatable bonds is 4. The number of benzene rings is 2. The minimum atomic E-state index is -0.320. The van der Waals surface area contributed by atoms with Crippen LogP contribution in [0, 0.1) is 18.7 Å². The fourth-order valence-corrected chi connectivity index (χ4v) is 5.23. The Kier molecular flexibility index (Phi) is 5.90. The van der Waals surface area contributed by atoms with Gasteiger partial charge in [0.25, 0.3) is 0 Å². The zero-order valence-electron chi connectivity index (χ0n) is 16.5. The molecule has 4 nitrogen and oxygen atoms in total. The number of halogens is 1. The number of hydrogen-bond acceptors (Lipinski definition) is 3. The van der Waals surface area contributed by atoms with E-state index in [2.05, 4.69) is 5.32 Å². The summed E-state index contributed by atoms with van der Waals surface area (Å²) in [5, 5.41) is 2.81. The van der Waals surface area contributed by atoms with E-state index in [0.717, 1.165) is 36.9 Å². The third-order valence-electron chi connectivity index (χ3n) is 5.72. The lowest BCUT2D eigenvalue weighted by Gasteiger charge is -2.25. The fraction of sp³-hybridized carbons (Fsp3) is 0.391. The van der Waals surface area contributed by atoms with E-state index < -0.39 is 0 Å². The molecule has 1 N–H and O–H groups in total. The summed E-state index contributed by atoms with van der Waals surface area (Å²) in [5.41, 5.74) is 2.78. The number of nitrogens with zero attached hydrogens (tertiary/aromatic N) is 1. The second-order valence-corrected chi connectivity index (χ2v) is 8.88. The molecular weight excluding hydrogens is 387 g/mol. The van der Waals surface area contributed by atoms with Gasteiger partial charge in [-0.05, 0) is 55.2 Å². The van der Waals surface area contributed by atoms with Gasteiger partial charge >= 0.3 is 0 Å². The zero-order chi connectivity index (χ0) is 20.4. The molecule has 1 atom stereocenters. The molecule has 2 aliphatic rings. The van der Waals surface area contributed by atoms with E-state index >= 15 is 0 Å². The zero-order valence-corrected chi connectivity index (χ0v) is 17.3. The lowest BCUT2D eigenvalue weighted by molar-refractivity contribution is -0.120. The quantitative estimate of drug-likeness (QED) is 0.728. The summed E-state index contributed by atoms with van der Waals surface area (Å²) in [5.74, 6) is 0.148. The summed E-state index contributed by atoms with van der Waals surface area (Å²) in [7, 11) is 0. The molecule has 0 spiro atoms. The van der Waals surface area contributed by atoms with Gasteiger partial charge in [0.05, 0.1) is 5.75 Å². The number of thioether (sulfide) groups is 1. The van der Waals surface area contributed by atoms with Crippen molar-refractivity contribution in [2.24, 2.45) is 5.92 Å². The highest BCUT2D eigenvalue weighted by atomic mass is 32.2. The maximum atomic E-state index is 14.1. The van der Waals surface area contributed by atoms with Gasteiger partial charge in [-0.2, -0.15) is 0 Å². The lowest BCUT2D eigenvalue weighted by Crippen LogP contribution is -2.28. The molecule has 4 rings (SSSR count). The highest BCUT2D eigenvalue weighted by molar-refractivity contribution is 8.00. The van der Waals surface area contributed by atoms with Gasteiger partial charge in [0.1, 0.15) is 11.2 Å². The van der Waals surface area contributed by atoms with Crippen molar-refractivity contribution < 1.29 is 14.0 Å². The van der Waals surface area contributed by atoms with Crippen LogP contribution < -0.4 is 10.2 Å². The second-order valence-electron chi connectivity index (χ2n) is 7.81. The van der Waals surface area contributed by atoms with Gasteiger partial charge in [-0.3, -0.25) is 14.5 Å². The molecule has 2 aromatic rings. The Morgan fingerprint density at radius 1 is 1.14 bits per heavy atom. The van der Waals surface area contributed by atoms with Crippen molar-refractivity contribution in [2.45, 2.75) is 44.4 Å². The largest absolute Gasteiger partial charge is 0.326 e. The van der Waals surface area contributed by atoms with Gasteiger partial charge in [0.2, 0.25) is 11.8 Å². The number of aryl methyl sites for hydroxylation is 1. The molecule has 1 saturated heterocycles. The molecular formula is C23H25FN2O2S. The molecule has 1 aliphatic carbocycles. The number of carbonyl (C=O) groups is 2. The predicted molar refractivity (Wildman–Crippen MR) is 115 cm³/mol. The maximum Gasteiger partial charge on any atom is 0.238 e. The minimum absolute atomic E-state index is 0.0418. The summed E-state index contributed by atoms with van der Waals surface area (Å²) < 4.78 is 14.1. The Labute approximate surface area is 174 Å². The van der Waals surface area contributed by atoms with Crippen molar-refractivity contribution >= 4 is 35.0 Å². The van der Waals surface area contributed by atoms with E-state index in [1.54, 1.807) is 24.0 Å². The lowest BCUT2D eigenvalue weighted by atomic mass is 9.88. The van der Waals surface area contributed by atoms with Crippen LogP contribution in [0.2, 0.25) is 0 Å². The van der Waals surface area contributed by atoms with Crippen molar-refractivity contribution in [1.29, 1.82) is 0 Å². The summed E-state index contributed by atoms with van der Waals surface area (Å²) in [6, 6.07) is 12.5. The normalized spacial score (nSPS) is 20.1. The van der Waals surface area contributed by atoms with E-state index in [9.17, 15) is 14.0 Å². The molecule has 1 heterocycles. The smallest absolute Gasteiger partial charge is 0.238 e. The van der Waals surface area contributed by atoms with Crippen LogP contribution in [0.15, 0.2) is 42.5 Å². The van der Waals surface area contributed by atoms with Crippen molar-refractivity contribution in [3.05, 3.63) is 59.4 Å². The Balaban J connectivity index is 1.55. The topological polar surface area (TPSA) is 49.4 Å². The third-order valence-corrected chi connectivity index (χ3v) is 6.93. The molecule has 1 saturated carbocycles. The van der Waals surface area contributed by atoms with Crippen molar-refractivity contribution in [3.8, 4) is 0 Å². The van der Waals surface area contributed by atoms with E-state index in [-0.39, 0.29) is 28.9 Å². The van der Waals surface area contributed by atoms with Crippen LogP contribution in [0.5, 0.6) is 0 Å². The molecule has 1 aliphatic heterocycles. The third kappa shape index (κ3) is 4.32. The Morgan fingerprint density at radius 2 is 1.93 bits per heavy atom. The van der Waals surface area contributed by atoms with Gasteiger partial charge in [0, 0.05) is 17.3 Å². The first-order chi connectivity index (χ1) is 14.0. The van der Waals surface area contributed by atoms with E-state index in [1.165, 1.54) is 24.2 Å². The molecule has 2 amide bonds. The molecule has 152 valence electrons. The highest BCUT2D eigenvalue weighted by Crippen LogP contribution is 2.42. The van der Waals surface area contributed by atoms with Crippen molar-refractivity contribution in [2.75, 3.05) is 16.0 Å². The SMILES string of the molecule is Cc1ccc(N2C(=O)CSC2c2cccc(NC(=O)C3CCCCC3)c2)cc1F. The van der Waals surface area contributed by atoms with Crippen LogP contribution in [0.4, 0.5) is 15.8 Å². The summed E-state index contributed by atoms with van der Waals surface area (Å²) in [6.07, 6.45) is 5.33. The summed E-state index contributed by atoms with van der Waals surface area (Å²) in [6.45, 7) is 1.70. The second kappa shape index (κ2) is 8.57. The van der Waals surface area contributed by atoms with Gasteiger partial charge in [-0.15, -0.1) is 11.8 Å². The number of hydrogen-bond donors (Lipinski definition) is 1. The first-order valence-corrected chi connectivity index (χ1v) is 11.2. The Bertz CT molecular complexity index is 927. The van der Waals surface area contributed by atoms with E-state index in [4.69, 9.17) is 0 Å². The maximum absolute atomic E-state index is 14.1. The van der Waals surface area contributed by atoms with Gasteiger partial charge in [-0.1, -0.05) is 37.5 Å². The van der Waals surface area contributed by atoms with Gasteiger partial charge in [0.15, 0.2) is 0 Å². The Morgan fingerprint density at radius 3 is 2.69 bits per heavy atom. The standard InChI is InChI=1S/C23H25FN2O2S/c1-15-10-11-19(13-20(15)24)26-21(27)14-29-23(26)17-8-5-9-18(12-17)25-22(28)16-6-3-2-4-7-16/h5,8-13,16,23H,2-4,6-7,14H2,1H3,(H,25,28). The number of carbonyl (C=O) groups excluding carboxylic acids is 2. The average molecular weight is 413 g/mol. The molecule has 0 aromatic heterocycles. The minimum Gasteiger partial charge on any atom is -0.326 e. The molecule has 0 bridgehead atoms. The average Bonchev–Trinajstić information content (AvgIpc) is 3.12. The van der Waals surface area contributed by atoms with Crippen LogP contribution in [0.3, 0.4) is 0 Å². The molecule has 1 unspecified atom stereocenters. The molecule has 0 radical (unpaired) electrons. The van der Waals surface area contributed by atoms with Crippen LogP contribution in [0.1, 0.15) is 48.6 Å². The monoisotopic (exact) mass is 412 g/mol. The molecule has 6 heteroatoms. The van der Waals surface area contributed by atoms with E-state index in [1.807, 2.05) is 24.3 Å². The van der Waals surface area contributed by atoms with Crippen molar-refractivity contribution in [1.82, 2.24) is 0 Å². The van der Waals surface area contributed by atoms with Crippen molar-refractivity contribution in [3.63, 3.8) is 0 Å². The first-order valence-electron chi connectivity index (χ1n) is 10.1. The number of amides is 2. The first kappa shape index (κ1) is 20.0. The molecule has 2 aromatic carbocycles. The predicted octanol–water partition coefficient (Wildman–Crippen LogP) is 5.43. The summed E-state index contributed by atoms with van der Waals surface area (Å²) >= 11 is 1.51. The highest BCUT2D eigenvalue weighted by Gasteiger charge is 2.34.